The Morgan fingerprint density at radius 2 is 1.74 bits per heavy atom. The number of urea groups is 1. The summed E-state index contributed by atoms with van der Waals surface area (Å²) >= 11 is 0. The lowest BCUT2D eigenvalue weighted by Crippen LogP contribution is -2.44. The number of hydrogen-bond acceptors (Lipinski definition) is 7. The van der Waals surface area contributed by atoms with Crippen molar-refractivity contribution in [2.24, 2.45) is 10.2 Å². The predicted octanol–water partition coefficient (Wildman–Crippen LogP) is 3.67. The average molecular weight is 454 g/mol. The Hall–Kier alpha value is -4.86. The molecular weight excluding hydrogens is 436 g/mol. The highest BCUT2D eigenvalue weighted by Gasteiger charge is 2.42. The number of Topliss-reactive ketones (excluding diaryl/α,β-unsaturated/α-hetero) is 1. The SMILES string of the molecule is COc1ccc(C2=C3C(=O)c4c(NC(=O)NNC(=O)c5ccncc5)cccc4C3N=N2)cc1. The third-order valence-corrected chi connectivity index (χ3v) is 5.51. The van der Waals surface area contributed by atoms with E-state index in [9.17, 15) is 14.4 Å². The summed E-state index contributed by atoms with van der Waals surface area (Å²) in [5, 5.41) is 11.2. The fourth-order valence-corrected chi connectivity index (χ4v) is 3.90. The number of aromatic nitrogens is 1. The number of methoxy groups -OCH3 is 1. The van der Waals surface area contributed by atoms with E-state index in [2.05, 4.69) is 31.4 Å². The summed E-state index contributed by atoms with van der Waals surface area (Å²) in [5.74, 6) is -0.0703. The predicted molar refractivity (Wildman–Crippen MR) is 122 cm³/mol. The monoisotopic (exact) mass is 454 g/mol. The van der Waals surface area contributed by atoms with Gasteiger partial charge in [-0.3, -0.25) is 20.0 Å². The van der Waals surface area contributed by atoms with Gasteiger partial charge < -0.3 is 10.1 Å². The number of benzene rings is 2. The van der Waals surface area contributed by atoms with Crippen molar-refractivity contribution in [3.05, 3.63) is 94.8 Å². The number of ether oxygens (including phenoxy) is 1. The lowest BCUT2D eigenvalue weighted by atomic mass is 10.0. The number of anilines is 1. The average Bonchev–Trinajstić information content (AvgIpc) is 3.43. The molecule has 168 valence electrons. The van der Waals surface area contributed by atoms with Gasteiger partial charge in [-0.1, -0.05) is 12.1 Å². The molecule has 3 amide bonds. The first kappa shape index (κ1) is 21.0. The minimum Gasteiger partial charge on any atom is -0.497 e. The van der Waals surface area contributed by atoms with Gasteiger partial charge in [-0.25, -0.2) is 10.2 Å². The molecule has 2 aliphatic rings. The number of azo groups is 1. The topological polar surface area (TPSA) is 134 Å². The zero-order valence-corrected chi connectivity index (χ0v) is 17.9. The Morgan fingerprint density at radius 3 is 2.47 bits per heavy atom. The van der Waals surface area contributed by atoms with Crippen LogP contribution in [-0.4, -0.2) is 29.8 Å². The number of ketones is 1. The third kappa shape index (κ3) is 3.66. The first-order chi connectivity index (χ1) is 16.6. The number of pyridine rings is 1. The van der Waals surface area contributed by atoms with Crippen molar-refractivity contribution in [1.82, 2.24) is 15.8 Å². The minimum atomic E-state index is -0.702. The van der Waals surface area contributed by atoms with Crippen LogP contribution in [0.25, 0.3) is 5.70 Å². The number of hydrogen-bond donors (Lipinski definition) is 3. The Kier molecular flexibility index (Phi) is 5.30. The second-order valence-corrected chi connectivity index (χ2v) is 7.48. The van der Waals surface area contributed by atoms with E-state index in [4.69, 9.17) is 4.74 Å². The molecule has 10 nitrogen and oxygen atoms in total. The van der Waals surface area contributed by atoms with Gasteiger partial charge in [0.1, 0.15) is 17.5 Å². The van der Waals surface area contributed by atoms with Gasteiger partial charge in [0.15, 0.2) is 5.78 Å². The summed E-state index contributed by atoms with van der Waals surface area (Å²) in [6, 6.07) is 14.1. The second kappa shape index (κ2) is 8.58. The summed E-state index contributed by atoms with van der Waals surface area (Å²) in [5.41, 5.74) is 7.94. The molecule has 2 aromatic carbocycles. The van der Waals surface area contributed by atoms with Gasteiger partial charge in [-0.05, 0) is 48.0 Å². The van der Waals surface area contributed by atoms with Crippen molar-refractivity contribution in [2.45, 2.75) is 6.04 Å². The summed E-state index contributed by atoms with van der Waals surface area (Å²) in [4.78, 5) is 41.8. The molecule has 10 heteroatoms. The van der Waals surface area contributed by atoms with Crippen LogP contribution in [0, 0.1) is 0 Å². The van der Waals surface area contributed by atoms with Crippen LogP contribution in [0.3, 0.4) is 0 Å². The molecule has 3 N–H and O–H groups in total. The molecule has 0 saturated heterocycles. The number of fused-ring (bicyclic) bond motifs is 3. The molecule has 1 aliphatic carbocycles. The van der Waals surface area contributed by atoms with E-state index in [1.807, 2.05) is 12.1 Å². The minimum absolute atomic E-state index is 0.257. The number of nitrogens with one attached hydrogen (secondary N) is 3. The smallest absolute Gasteiger partial charge is 0.337 e. The van der Waals surface area contributed by atoms with E-state index in [-0.39, 0.29) is 5.78 Å². The molecule has 3 aromatic rings. The maximum absolute atomic E-state index is 13.4. The van der Waals surface area contributed by atoms with Gasteiger partial charge >= 0.3 is 6.03 Å². The van der Waals surface area contributed by atoms with E-state index >= 15 is 0 Å². The second-order valence-electron chi connectivity index (χ2n) is 7.48. The summed E-state index contributed by atoms with van der Waals surface area (Å²) < 4.78 is 5.19. The molecule has 0 fully saturated rings. The molecule has 1 aliphatic heterocycles. The number of nitrogens with zero attached hydrogens (tertiary/aromatic N) is 3. The number of amides is 3. The number of carbonyl (C=O) groups excluding carboxylic acids is 3. The van der Waals surface area contributed by atoms with Crippen molar-refractivity contribution >= 4 is 29.1 Å². The molecule has 0 radical (unpaired) electrons. The Balaban J connectivity index is 1.36. The van der Waals surface area contributed by atoms with Crippen molar-refractivity contribution < 1.29 is 19.1 Å². The normalized spacial score (nSPS) is 15.6. The zero-order valence-electron chi connectivity index (χ0n) is 17.9. The van der Waals surface area contributed by atoms with E-state index in [1.54, 1.807) is 37.4 Å². The highest BCUT2D eigenvalue weighted by molar-refractivity contribution is 6.22. The van der Waals surface area contributed by atoms with Crippen molar-refractivity contribution in [2.75, 3.05) is 12.4 Å². The first-order valence-corrected chi connectivity index (χ1v) is 10.3. The molecule has 0 spiro atoms. The lowest BCUT2D eigenvalue weighted by Gasteiger charge is -2.12. The molecule has 1 atom stereocenters. The molecule has 2 heterocycles. The van der Waals surface area contributed by atoms with Crippen molar-refractivity contribution in [3.8, 4) is 5.75 Å². The van der Waals surface area contributed by atoms with Crippen LogP contribution in [0.1, 0.15) is 37.9 Å². The zero-order chi connectivity index (χ0) is 23.7. The van der Waals surface area contributed by atoms with E-state index in [1.165, 1.54) is 24.5 Å². The van der Waals surface area contributed by atoms with E-state index < -0.39 is 18.0 Å². The first-order valence-electron chi connectivity index (χ1n) is 10.3. The van der Waals surface area contributed by atoms with Gasteiger partial charge in [-0.2, -0.15) is 10.2 Å². The van der Waals surface area contributed by atoms with Crippen LogP contribution in [-0.2, 0) is 0 Å². The largest absolute Gasteiger partial charge is 0.497 e. The van der Waals surface area contributed by atoms with Crippen LogP contribution in [0.4, 0.5) is 10.5 Å². The van der Waals surface area contributed by atoms with Gasteiger partial charge in [0.2, 0.25) is 0 Å². The summed E-state index contributed by atoms with van der Waals surface area (Å²) in [7, 11) is 1.58. The van der Waals surface area contributed by atoms with E-state index in [0.717, 1.165) is 5.56 Å². The third-order valence-electron chi connectivity index (χ3n) is 5.51. The molecule has 34 heavy (non-hydrogen) atoms. The highest BCUT2D eigenvalue weighted by Crippen LogP contribution is 2.48. The fourth-order valence-electron chi connectivity index (χ4n) is 3.90. The molecule has 5 rings (SSSR count). The lowest BCUT2D eigenvalue weighted by molar-refractivity contribution is 0.0937. The van der Waals surface area contributed by atoms with Crippen molar-refractivity contribution in [3.63, 3.8) is 0 Å². The number of carbonyl (C=O) groups is 3. The quantitative estimate of drug-likeness (QED) is 0.517. The highest BCUT2D eigenvalue weighted by atomic mass is 16.5. The Labute approximate surface area is 193 Å². The Bertz CT molecular complexity index is 1370. The molecular formula is C24H18N6O4. The van der Waals surface area contributed by atoms with Gasteiger partial charge in [0.25, 0.3) is 5.91 Å². The Morgan fingerprint density at radius 1 is 0.971 bits per heavy atom. The molecule has 0 saturated carbocycles. The molecule has 0 bridgehead atoms. The van der Waals surface area contributed by atoms with E-state index in [0.29, 0.717) is 39.4 Å². The van der Waals surface area contributed by atoms with Crippen LogP contribution in [0.5, 0.6) is 5.75 Å². The van der Waals surface area contributed by atoms with Gasteiger partial charge in [0.05, 0.1) is 23.9 Å². The van der Waals surface area contributed by atoms with Gasteiger partial charge in [0, 0.05) is 23.5 Å². The van der Waals surface area contributed by atoms with Crippen LogP contribution < -0.4 is 20.9 Å². The summed E-state index contributed by atoms with van der Waals surface area (Å²) in [6.07, 6.45) is 2.94. The van der Waals surface area contributed by atoms with Crippen LogP contribution in [0.2, 0.25) is 0 Å². The molecule has 1 unspecified atom stereocenters. The van der Waals surface area contributed by atoms with Crippen LogP contribution in [0.15, 0.2) is 82.8 Å². The molecule has 1 aromatic heterocycles. The summed E-state index contributed by atoms with van der Waals surface area (Å²) in [6.45, 7) is 0. The number of rotatable bonds is 4. The van der Waals surface area contributed by atoms with Gasteiger partial charge in [-0.15, -0.1) is 0 Å². The van der Waals surface area contributed by atoms with Crippen molar-refractivity contribution in [1.29, 1.82) is 0 Å². The standard InChI is InChI=1S/C24H18N6O4/c1-34-15-7-5-13(6-8-15)20-19-21(28-27-20)16-3-2-4-17(18(16)22(19)31)26-24(33)30-29-23(32)14-9-11-25-12-10-14/h2-12,21H,1H3,(H,29,32)(H2,26,30,33). The maximum Gasteiger partial charge on any atom is 0.337 e. The van der Waals surface area contributed by atoms with Crippen LogP contribution >= 0.6 is 0 Å². The fraction of sp³-hybridized carbons (Fsp3) is 0.0833. The number of hydrazine groups is 1. The maximum atomic E-state index is 13.4.